The van der Waals surface area contributed by atoms with Gasteiger partial charge in [0.1, 0.15) is 0 Å². The van der Waals surface area contributed by atoms with Crippen LogP contribution in [0.1, 0.15) is 47.1 Å². The van der Waals surface area contributed by atoms with E-state index in [-0.39, 0.29) is 77.0 Å². The Bertz CT molecular complexity index is 679. The van der Waals surface area contributed by atoms with E-state index in [9.17, 15) is 9.59 Å². The fraction of sp³-hybridized carbons (Fsp3) is 0.333. The molecule has 0 bridgehead atoms. The van der Waals surface area contributed by atoms with Crippen LogP contribution in [0.3, 0.4) is 0 Å². The van der Waals surface area contributed by atoms with Crippen LogP contribution in [0.2, 0.25) is 0 Å². The number of carbonyl (C=O) groups excluding carboxylic acids is 2. The molecular formula is C18H23BN2NaO6. The number of aliphatic hydroxyl groups is 2. The van der Waals surface area contributed by atoms with Crippen molar-refractivity contribution >= 4 is 20.4 Å². The van der Waals surface area contributed by atoms with Gasteiger partial charge in [-0.2, -0.15) is 0 Å². The Hall–Kier alpha value is -1.78. The Morgan fingerprint density at radius 2 is 1.39 bits per heavy atom. The van der Waals surface area contributed by atoms with Crippen molar-refractivity contribution in [2.24, 2.45) is 0 Å². The van der Waals surface area contributed by atoms with E-state index in [1.807, 2.05) is 0 Å². The van der Waals surface area contributed by atoms with Gasteiger partial charge in [-0.1, -0.05) is 0 Å². The average molecular weight is 397 g/mol. The molecule has 2 aromatic heterocycles. The summed E-state index contributed by atoms with van der Waals surface area (Å²) >= 11 is 0. The summed E-state index contributed by atoms with van der Waals surface area (Å²) in [4.78, 5) is 30.6. The number of ether oxygens (including phenoxy) is 2. The van der Waals surface area contributed by atoms with Crippen LogP contribution in [0.4, 0.5) is 0 Å². The minimum Gasteiger partial charge on any atom is -1.00 e. The third kappa shape index (κ3) is 8.94. The molecule has 2 N–H and O–H groups in total. The second kappa shape index (κ2) is 16.2. The number of esters is 2. The molecule has 0 aliphatic heterocycles. The maximum atomic E-state index is 11.5. The summed E-state index contributed by atoms with van der Waals surface area (Å²) in [5.41, 5.74) is 1.72. The Labute approximate surface area is 189 Å². The van der Waals surface area contributed by atoms with Crippen molar-refractivity contribution in [1.82, 2.24) is 9.97 Å². The summed E-state index contributed by atoms with van der Waals surface area (Å²) in [5, 5.41) is 17.4. The van der Waals surface area contributed by atoms with Crippen LogP contribution in [0.25, 0.3) is 0 Å². The van der Waals surface area contributed by atoms with Gasteiger partial charge in [0.15, 0.2) is 0 Å². The van der Waals surface area contributed by atoms with Crippen molar-refractivity contribution in [3.05, 3.63) is 59.2 Å². The molecule has 0 amide bonds. The minimum absolute atomic E-state index is 0. The Morgan fingerprint density at radius 3 is 1.89 bits per heavy atom. The molecule has 0 aliphatic rings. The van der Waals surface area contributed by atoms with Crippen LogP contribution < -0.4 is 29.6 Å². The van der Waals surface area contributed by atoms with Crippen molar-refractivity contribution in [1.29, 1.82) is 0 Å². The fourth-order valence-electron chi connectivity index (χ4n) is 1.91. The molecule has 2 rings (SSSR count). The minimum atomic E-state index is -0.571. The van der Waals surface area contributed by atoms with Crippen molar-refractivity contribution in [2.75, 3.05) is 13.2 Å². The van der Waals surface area contributed by atoms with Crippen LogP contribution in [0.5, 0.6) is 0 Å². The third-order valence-electron chi connectivity index (χ3n) is 3.16. The fourth-order valence-corrected chi connectivity index (χ4v) is 1.91. The first-order chi connectivity index (χ1) is 12.6. The van der Waals surface area contributed by atoms with Gasteiger partial charge in [-0.15, -0.1) is 0 Å². The van der Waals surface area contributed by atoms with Crippen LogP contribution in [0, 0.1) is 0 Å². The first-order valence-corrected chi connectivity index (χ1v) is 8.00. The molecular weight excluding hydrogens is 374 g/mol. The third-order valence-corrected chi connectivity index (χ3v) is 3.16. The van der Waals surface area contributed by atoms with Gasteiger partial charge in [0.2, 0.25) is 0 Å². The first kappa shape index (κ1) is 28.4. The predicted molar refractivity (Wildman–Crippen MR) is 99.1 cm³/mol. The summed E-state index contributed by atoms with van der Waals surface area (Å²) in [6.07, 6.45) is 5.86. The van der Waals surface area contributed by atoms with Crippen LogP contribution in [-0.2, 0) is 22.7 Å². The molecule has 145 valence electrons. The van der Waals surface area contributed by atoms with Gasteiger partial charge in [-0.05, 0) is 31.5 Å². The van der Waals surface area contributed by atoms with Gasteiger partial charge in [0, 0.05) is 38.8 Å². The maximum absolute atomic E-state index is 11.5. The Morgan fingerprint density at radius 1 is 0.893 bits per heavy atom. The van der Waals surface area contributed by atoms with E-state index in [0.29, 0.717) is 5.56 Å². The van der Waals surface area contributed by atoms with E-state index in [1.165, 1.54) is 18.5 Å². The summed E-state index contributed by atoms with van der Waals surface area (Å²) in [6.45, 7) is 3.78. The molecule has 0 saturated carbocycles. The molecule has 2 aromatic rings. The molecule has 10 heteroatoms. The van der Waals surface area contributed by atoms with E-state index in [0.717, 1.165) is 5.56 Å². The smallest absolute Gasteiger partial charge is 1.00 e. The molecule has 0 saturated heterocycles. The van der Waals surface area contributed by atoms with Crippen molar-refractivity contribution in [3.8, 4) is 0 Å². The predicted octanol–water partition coefficient (Wildman–Crippen LogP) is -1.76. The summed E-state index contributed by atoms with van der Waals surface area (Å²) in [5.74, 6) is -1.12. The van der Waals surface area contributed by atoms with Crippen LogP contribution in [-0.4, -0.2) is 53.7 Å². The molecule has 0 atom stereocenters. The van der Waals surface area contributed by atoms with Gasteiger partial charge < -0.3 is 21.1 Å². The van der Waals surface area contributed by atoms with Gasteiger partial charge >= 0.3 is 41.5 Å². The van der Waals surface area contributed by atoms with Gasteiger partial charge in [0.25, 0.3) is 0 Å². The molecule has 8 nitrogen and oxygen atoms in total. The van der Waals surface area contributed by atoms with Gasteiger partial charge in [0.05, 0.1) is 37.6 Å². The van der Waals surface area contributed by atoms with Gasteiger partial charge in [-0.3, -0.25) is 9.97 Å². The monoisotopic (exact) mass is 397 g/mol. The van der Waals surface area contributed by atoms with E-state index >= 15 is 0 Å². The molecule has 0 spiro atoms. The average Bonchev–Trinajstić information content (AvgIpc) is 2.68. The normalized spacial score (nSPS) is 9.00. The molecule has 0 unspecified atom stereocenters. The quantitative estimate of drug-likeness (QED) is 0.435. The number of hydrogen-bond acceptors (Lipinski definition) is 8. The number of rotatable bonds is 6. The van der Waals surface area contributed by atoms with E-state index in [2.05, 4.69) is 9.97 Å². The maximum Gasteiger partial charge on any atom is 1.00 e. The van der Waals surface area contributed by atoms with Crippen molar-refractivity contribution in [3.63, 3.8) is 0 Å². The van der Waals surface area contributed by atoms with Crippen molar-refractivity contribution < 1.29 is 60.3 Å². The zero-order chi connectivity index (χ0) is 19.4. The summed E-state index contributed by atoms with van der Waals surface area (Å²) < 4.78 is 9.63. The summed E-state index contributed by atoms with van der Waals surface area (Å²) in [6, 6.07) is 3.12. The van der Waals surface area contributed by atoms with E-state index in [4.69, 9.17) is 19.7 Å². The standard InChI is InChI=1S/C11H13NO4.C7H9NO2.B.Na.H/c1-3-15-10(13)8-5-6-12-7-9(8)11(14)16-4-2;9-4-6-1-2-8-3-7(6)5-10;;;/h5-7H,3-4H2,1-2H3;1-3,9-10H,4-5H2;;;/q;;;+1;-1. The zero-order valence-corrected chi connectivity index (χ0v) is 18.3. The zero-order valence-electron chi connectivity index (χ0n) is 17.3. The number of nitrogens with zero attached hydrogens (tertiary/aromatic N) is 2. The van der Waals surface area contributed by atoms with E-state index in [1.54, 1.807) is 32.3 Å². The molecule has 2 heterocycles. The number of aromatic nitrogens is 2. The summed E-state index contributed by atoms with van der Waals surface area (Å²) in [7, 11) is 0. The Balaban J connectivity index is -0.000000457. The molecule has 0 aliphatic carbocycles. The van der Waals surface area contributed by atoms with Crippen LogP contribution in [0.15, 0.2) is 36.9 Å². The topological polar surface area (TPSA) is 119 Å². The first-order valence-electron chi connectivity index (χ1n) is 8.00. The number of aliphatic hydroxyl groups excluding tert-OH is 2. The molecule has 0 aromatic carbocycles. The van der Waals surface area contributed by atoms with Crippen LogP contribution >= 0.6 is 0 Å². The second-order valence-electron chi connectivity index (χ2n) is 4.82. The Kier molecular flexibility index (Phi) is 16.5. The molecule has 3 radical (unpaired) electrons. The van der Waals surface area contributed by atoms with Gasteiger partial charge in [-0.25, -0.2) is 9.59 Å². The molecule has 28 heavy (non-hydrogen) atoms. The number of pyridine rings is 2. The van der Waals surface area contributed by atoms with E-state index < -0.39 is 11.9 Å². The largest absolute Gasteiger partial charge is 1.00 e. The van der Waals surface area contributed by atoms with Crippen molar-refractivity contribution in [2.45, 2.75) is 27.1 Å². The number of hydrogen-bond donors (Lipinski definition) is 2. The SMILES string of the molecule is CCOC(=O)c1ccncc1C(=O)OCC.OCc1ccncc1CO.[B].[H-].[Na+]. The molecule has 0 fully saturated rings. The number of carbonyl (C=O) groups is 2. The second-order valence-corrected chi connectivity index (χ2v) is 4.82.